The van der Waals surface area contributed by atoms with Crippen LogP contribution in [-0.4, -0.2) is 11.4 Å². The lowest BCUT2D eigenvalue weighted by Gasteiger charge is -2.13. The second-order valence-corrected chi connectivity index (χ2v) is 4.01. The van der Waals surface area contributed by atoms with Crippen LogP contribution in [0.4, 0.5) is 0 Å². The Balaban J connectivity index is 2.49. The van der Waals surface area contributed by atoms with E-state index in [-0.39, 0.29) is 6.10 Å². The van der Waals surface area contributed by atoms with Crippen LogP contribution in [0, 0.1) is 6.92 Å². The van der Waals surface area contributed by atoms with E-state index >= 15 is 0 Å². The van der Waals surface area contributed by atoms with Crippen molar-refractivity contribution < 1.29 is 4.74 Å². The molecule has 0 spiro atoms. The van der Waals surface area contributed by atoms with Crippen molar-refractivity contribution in [2.75, 3.05) is 5.33 Å². The monoisotopic (exact) mass is 242 g/mol. The molecule has 0 fully saturated rings. The van der Waals surface area contributed by atoms with Crippen molar-refractivity contribution >= 4 is 15.9 Å². The van der Waals surface area contributed by atoms with Crippen molar-refractivity contribution in [3.63, 3.8) is 0 Å². The maximum absolute atomic E-state index is 5.68. The van der Waals surface area contributed by atoms with Gasteiger partial charge >= 0.3 is 0 Å². The third-order valence-electron chi connectivity index (χ3n) is 1.87. The van der Waals surface area contributed by atoms with E-state index in [2.05, 4.69) is 41.9 Å². The Morgan fingerprint density at radius 2 is 1.92 bits per heavy atom. The number of ether oxygens (including phenoxy) is 1. The van der Waals surface area contributed by atoms with Crippen LogP contribution in [0.5, 0.6) is 5.75 Å². The minimum absolute atomic E-state index is 0.280. The number of aryl methyl sites for hydroxylation is 1. The lowest BCUT2D eigenvalue weighted by molar-refractivity contribution is 0.219. The van der Waals surface area contributed by atoms with Crippen LogP contribution < -0.4 is 4.74 Å². The second-order valence-electron chi connectivity index (χ2n) is 3.22. The van der Waals surface area contributed by atoms with Crippen LogP contribution in [0.25, 0.3) is 0 Å². The fourth-order valence-corrected chi connectivity index (χ4v) is 1.71. The smallest absolute Gasteiger partial charge is 0.119 e. The molecule has 0 radical (unpaired) electrons. The fourth-order valence-electron chi connectivity index (χ4n) is 1.06. The summed E-state index contributed by atoms with van der Waals surface area (Å²) in [6.45, 7) is 4.16. The van der Waals surface area contributed by atoms with Gasteiger partial charge in [0.05, 0.1) is 6.10 Å². The zero-order valence-corrected chi connectivity index (χ0v) is 9.67. The summed E-state index contributed by atoms with van der Waals surface area (Å²) < 4.78 is 5.68. The molecule has 1 aromatic carbocycles. The minimum Gasteiger partial charge on any atom is -0.491 e. The van der Waals surface area contributed by atoms with E-state index in [4.69, 9.17) is 4.74 Å². The maximum Gasteiger partial charge on any atom is 0.119 e. The molecule has 0 N–H and O–H groups in total. The number of benzene rings is 1. The van der Waals surface area contributed by atoms with E-state index in [1.807, 2.05) is 12.1 Å². The Morgan fingerprint density at radius 3 is 2.46 bits per heavy atom. The molecule has 0 bridgehead atoms. The van der Waals surface area contributed by atoms with Crippen LogP contribution in [0.3, 0.4) is 0 Å². The van der Waals surface area contributed by atoms with Gasteiger partial charge in [0, 0.05) is 5.33 Å². The summed E-state index contributed by atoms with van der Waals surface area (Å²) in [5.41, 5.74) is 1.26. The predicted molar refractivity (Wildman–Crippen MR) is 59.7 cm³/mol. The average Bonchev–Trinajstić information content (AvgIpc) is 2.09. The van der Waals surface area contributed by atoms with Crippen LogP contribution in [0.15, 0.2) is 24.3 Å². The van der Waals surface area contributed by atoms with Crippen molar-refractivity contribution in [3.8, 4) is 5.75 Å². The van der Waals surface area contributed by atoms with Crippen molar-refractivity contribution in [2.45, 2.75) is 26.4 Å². The number of hydrogen-bond donors (Lipinski definition) is 0. The number of hydrogen-bond acceptors (Lipinski definition) is 1. The van der Waals surface area contributed by atoms with Crippen LogP contribution in [-0.2, 0) is 0 Å². The largest absolute Gasteiger partial charge is 0.491 e. The lowest BCUT2D eigenvalue weighted by Crippen LogP contribution is -2.11. The van der Waals surface area contributed by atoms with Gasteiger partial charge in [0.25, 0.3) is 0 Å². The standard InChI is InChI=1S/C11H15BrO/c1-9-3-5-11(6-4-9)13-10(2)7-8-12/h3-6,10H,7-8H2,1-2H3. The SMILES string of the molecule is Cc1ccc(OC(C)CCBr)cc1. The van der Waals surface area contributed by atoms with Gasteiger partial charge in [-0.05, 0) is 32.4 Å². The Hall–Kier alpha value is -0.500. The van der Waals surface area contributed by atoms with Crippen molar-refractivity contribution in [2.24, 2.45) is 0 Å². The second kappa shape index (κ2) is 5.28. The molecule has 2 heteroatoms. The van der Waals surface area contributed by atoms with Gasteiger partial charge in [0.1, 0.15) is 5.75 Å². The van der Waals surface area contributed by atoms with Gasteiger partial charge in [0.15, 0.2) is 0 Å². The molecule has 1 unspecified atom stereocenters. The highest BCUT2D eigenvalue weighted by molar-refractivity contribution is 9.09. The van der Waals surface area contributed by atoms with E-state index in [9.17, 15) is 0 Å². The van der Waals surface area contributed by atoms with Gasteiger partial charge in [0.2, 0.25) is 0 Å². The van der Waals surface area contributed by atoms with Crippen molar-refractivity contribution in [1.29, 1.82) is 0 Å². The Bertz CT molecular complexity index is 243. The molecule has 0 aromatic heterocycles. The van der Waals surface area contributed by atoms with Gasteiger partial charge in [-0.2, -0.15) is 0 Å². The van der Waals surface area contributed by atoms with Gasteiger partial charge in [-0.1, -0.05) is 33.6 Å². The molecule has 13 heavy (non-hydrogen) atoms. The molecule has 1 aromatic rings. The maximum atomic E-state index is 5.68. The molecule has 1 atom stereocenters. The zero-order valence-electron chi connectivity index (χ0n) is 8.09. The van der Waals surface area contributed by atoms with Crippen molar-refractivity contribution in [3.05, 3.63) is 29.8 Å². The summed E-state index contributed by atoms with van der Waals surface area (Å²) in [7, 11) is 0. The number of rotatable bonds is 4. The lowest BCUT2D eigenvalue weighted by atomic mass is 10.2. The molecule has 72 valence electrons. The Morgan fingerprint density at radius 1 is 1.31 bits per heavy atom. The summed E-state index contributed by atoms with van der Waals surface area (Å²) >= 11 is 3.39. The summed E-state index contributed by atoms with van der Waals surface area (Å²) in [5, 5.41) is 0.986. The first-order valence-electron chi connectivity index (χ1n) is 4.51. The molecule has 0 aliphatic heterocycles. The minimum atomic E-state index is 0.280. The normalized spacial score (nSPS) is 12.5. The molecule has 0 saturated heterocycles. The molecular formula is C11H15BrO. The summed E-state index contributed by atoms with van der Waals surface area (Å²) in [6.07, 6.45) is 1.32. The fraction of sp³-hybridized carbons (Fsp3) is 0.455. The molecule has 0 saturated carbocycles. The van der Waals surface area contributed by atoms with Gasteiger partial charge < -0.3 is 4.74 Å². The molecule has 0 aliphatic rings. The molecule has 1 nitrogen and oxygen atoms in total. The molecule has 1 rings (SSSR count). The van der Waals surface area contributed by atoms with E-state index in [1.54, 1.807) is 0 Å². The van der Waals surface area contributed by atoms with E-state index < -0.39 is 0 Å². The first-order valence-corrected chi connectivity index (χ1v) is 5.64. The number of alkyl halides is 1. The van der Waals surface area contributed by atoms with Gasteiger partial charge in [-0.3, -0.25) is 0 Å². The third-order valence-corrected chi connectivity index (χ3v) is 2.33. The topological polar surface area (TPSA) is 9.23 Å². The van der Waals surface area contributed by atoms with Gasteiger partial charge in [-0.15, -0.1) is 0 Å². The van der Waals surface area contributed by atoms with Crippen LogP contribution >= 0.6 is 15.9 Å². The molecule has 0 heterocycles. The van der Waals surface area contributed by atoms with Gasteiger partial charge in [-0.25, -0.2) is 0 Å². The summed E-state index contributed by atoms with van der Waals surface area (Å²) in [4.78, 5) is 0. The van der Waals surface area contributed by atoms with Crippen LogP contribution in [0.2, 0.25) is 0 Å². The average molecular weight is 243 g/mol. The van der Waals surface area contributed by atoms with E-state index in [0.717, 1.165) is 17.5 Å². The zero-order chi connectivity index (χ0) is 9.68. The van der Waals surface area contributed by atoms with Crippen molar-refractivity contribution in [1.82, 2.24) is 0 Å². The van der Waals surface area contributed by atoms with E-state index in [0.29, 0.717) is 0 Å². The molecule has 0 amide bonds. The quantitative estimate of drug-likeness (QED) is 0.735. The highest BCUT2D eigenvalue weighted by Gasteiger charge is 2.01. The molecule has 0 aliphatic carbocycles. The predicted octanol–water partition coefficient (Wildman–Crippen LogP) is 3.55. The highest BCUT2D eigenvalue weighted by atomic mass is 79.9. The Kier molecular flexibility index (Phi) is 4.29. The Labute approximate surface area is 88.2 Å². The van der Waals surface area contributed by atoms with E-state index in [1.165, 1.54) is 5.56 Å². The molecular weight excluding hydrogens is 228 g/mol. The highest BCUT2D eigenvalue weighted by Crippen LogP contribution is 2.14. The third kappa shape index (κ3) is 3.81. The first kappa shape index (κ1) is 10.6. The first-order chi connectivity index (χ1) is 6.22. The number of halogens is 1. The van der Waals surface area contributed by atoms with Crippen LogP contribution in [0.1, 0.15) is 18.9 Å². The summed E-state index contributed by atoms with van der Waals surface area (Å²) in [5.74, 6) is 0.957. The summed E-state index contributed by atoms with van der Waals surface area (Å²) in [6, 6.07) is 8.16.